The molecule has 8 nitrogen and oxygen atoms in total. The molecule has 1 N–H and O–H groups in total. The summed E-state index contributed by atoms with van der Waals surface area (Å²) in [5.74, 6) is -0.661. The van der Waals surface area contributed by atoms with Crippen molar-refractivity contribution in [3.63, 3.8) is 0 Å². The number of nitrogens with zero attached hydrogens (tertiary/aromatic N) is 4. The van der Waals surface area contributed by atoms with Gasteiger partial charge in [-0.15, -0.1) is 0 Å². The Morgan fingerprint density at radius 3 is 2.53 bits per heavy atom. The SMILES string of the molecule is CCn1cc2c(n1)c(=O)n(Cc1ccc(F)cc1)c(=O)n2CC(=O)NC1CCCC1. The summed E-state index contributed by atoms with van der Waals surface area (Å²) in [6, 6.07) is 5.73. The average Bonchev–Trinajstić information content (AvgIpc) is 3.39. The molecule has 3 aromatic rings. The highest BCUT2D eigenvalue weighted by Gasteiger charge is 2.21. The number of rotatable bonds is 6. The van der Waals surface area contributed by atoms with Gasteiger partial charge in [0.2, 0.25) is 5.91 Å². The molecule has 158 valence electrons. The van der Waals surface area contributed by atoms with Gasteiger partial charge in [-0.1, -0.05) is 25.0 Å². The molecule has 0 atom stereocenters. The maximum absolute atomic E-state index is 13.2. The predicted molar refractivity (Wildman–Crippen MR) is 110 cm³/mol. The maximum Gasteiger partial charge on any atom is 0.332 e. The third-order valence-electron chi connectivity index (χ3n) is 5.54. The molecule has 0 unspecified atom stereocenters. The number of carbonyl (C=O) groups is 1. The molecule has 2 heterocycles. The monoisotopic (exact) mass is 413 g/mol. The Bertz CT molecular complexity index is 1190. The molecule has 1 aliphatic rings. The number of carbonyl (C=O) groups excluding carboxylic acids is 1. The van der Waals surface area contributed by atoms with Crippen molar-refractivity contribution < 1.29 is 9.18 Å². The summed E-state index contributed by atoms with van der Waals surface area (Å²) in [5.41, 5.74) is -0.0455. The molecule has 2 aromatic heterocycles. The molecule has 0 aliphatic heterocycles. The van der Waals surface area contributed by atoms with Gasteiger partial charge >= 0.3 is 5.69 Å². The summed E-state index contributed by atoms with van der Waals surface area (Å²) in [5, 5.41) is 7.27. The number of benzene rings is 1. The van der Waals surface area contributed by atoms with Crippen molar-refractivity contribution in [2.75, 3.05) is 0 Å². The summed E-state index contributed by atoms with van der Waals surface area (Å²) < 4.78 is 17.1. The van der Waals surface area contributed by atoms with Crippen LogP contribution in [-0.4, -0.2) is 30.9 Å². The quantitative estimate of drug-likeness (QED) is 0.665. The number of nitrogens with one attached hydrogen (secondary N) is 1. The Hall–Kier alpha value is -3.23. The number of aryl methyl sites for hydroxylation is 1. The predicted octanol–water partition coefficient (Wildman–Crippen LogP) is 1.63. The van der Waals surface area contributed by atoms with Crippen LogP contribution < -0.4 is 16.6 Å². The van der Waals surface area contributed by atoms with Crippen molar-refractivity contribution in [1.82, 2.24) is 24.2 Å². The molecule has 30 heavy (non-hydrogen) atoms. The highest BCUT2D eigenvalue weighted by molar-refractivity contribution is 5.79. The van der Waals surface area contributed by atoms with Gasteiger partial charge in [-0.3, -0.25) is 23.4 Å². The van der Waals surface area contributed by atoms with Crippen LogP contribution in [-0.2, 0) is 24.4 Å². The minimum absolute atomic E-state index is 0.0306. The number of amides is 1. The smallest absolute Gasteiger partial charge is 0.332 e. The van der Waals surface area contributed by atoms with Crippen molar-refractivity contribution in [2.45, 2.75) is 58.3 Å². The van der Waals surface area contributed by atoms with Gasteiger partial charge in [0.25, 0.3) is 5.56 Å². The topological polar surface area (TPSA) is 90.9 Å². The van der Waals surface area contributed by atoms with Crippen LogP contribution in [0.15, 0.2) is 40.1 Å². The van der Waals surface area contributed by atoms with Gasteiger partial charge < -0.3 is 5.32 Å². The molecule has 0 saturated heterocycles. The number of halogens is 1. The van der Waals surface area contributed by atoms with E-state index in [2.05, 4.69) is 10.4 Å². The van der Waals surface area contributed by atoms with Crippen molar-refractivity contribution in [1.29, 1.82) is 0 Å². The molecule has 1 amide bonds. The number of hydrogen-bond donors (Lipinski definition) is 1. The van der Waals surface area contributed by atoms with E-state index < -0.39 is 17.1 Å². The van der Waals surface area contributed by atoms with E-state index in [1.165, 1.54) is 28.8 Å². The Morgan fingerprint density at radius 1 is 1.17 bits per heavy atom. The first kappa shape index (κ1) is 20.1. The number of hydrogen-bond acceptors (Lipinski definition) is 4. The van der Waals surface area contributed by atoms with Crippen molar-refractivity contribution in [2.24, 2.45) is 0 Å². The molecular formula is C21H24FN5O3. The van der Waals surface area contributed by atoms with Gasteiger partial charge in [0, 0.05) is 18.8 Å². The lowest BCUT2D eigenvalue weighted by Crippen LogP contribution is -2.44. The molecule has 0 radical (unpaired) electrons. The van der Waals surface area contributed by atoms with Gasteiger partial charge in [-0.05, 0) is 37.5 Å². The van der Waals surface area contributed by atoms with E-state index in [1.54, 1.807) is 10.9 Å². The van der Waals surface area contributed by atoms with Crippen LogP contribution in [0.2, 0.25) is 0 Å². The van der Waals surface area contributed by atoms with E-state index in [4.69, 9.17) is 0 Å². The standard InChI is InChI=1S/C21H24FN5O3/c1-2-25-12-17-19(24-25)20(29)27(11-14-7-9-15(22)10-8-14)21(30)26(17)13-18(28)23-16-5-3-4-6-16/h7-10,12,16H,2-6,11,13H2,1H3,(H,23,28). The molecular weight excluding hydrogens is 389 g/mol. The maximum atomic E-state index is 13.2. The third-order valence-corrected chi connectivity index (χ3v) is 5.54. The molecule has 1 saturated carbocycles. The van der Waals surface area contributed by atoms with Crippen LogP contribution in [0.4, 0.5) is 4.39 Å². The second kappa shape index (κ2) is 8.25. The highest BCUT2D eigenvalue weighted by atomic mass is 19.1. The number of fused-ring (bicyclic) bond motifs is 1. The molecule has 9 heteroatoms. The van der Waals surface area contributed by atoms with Gasteiger partial charge in [0.1, 0.15) is 12.4 Å². The van der Waals surface area contributed by atoms with Crippen LogP contribution in [0.3, 0.4) is 0 Å². The molecule has 0 bridgehead atoms. The fraction of sp³-hybridized carbons (Fsp3) is 0.429. The summed E-state index contributed by atoms with van der Waals surface area (Å²) in [4.78, 5) is 38.8. The Kier molecular flexibility index (Phi) is 5.52. The zero-order valence-electron chi connectivity index (χ0n) is 16.8. The Labute approximate surface area is 171 Å². The van der Waals surface area contributed by atoms with Crippen molar-refractivity contribution >= 4 is 16.9 Å². The lowest BCUT2D eigenvalue weighted by atomic mass is 10.2. The fourth-order valence-corrected chi connectivity index (χ4v) is 3.94. The van der Waals surface area contributed by atoms with Crippen LogP contribution in [0.1, 0.15) is 38.2 Å². The molecule has 1 aliphatic carbocycles. The molecule has 1 fully saturated rings. The van der Waals surface area contributed by atoms with Gasteiger partial charge in [-0.2, -0.15) is 5.10 Å². The average molecular weight is 413 g/mol. The summed E-state index contributed by atoms with van der Waals surface area (Å²) in [6.45, 7) is 2.18. The van der Waals surface area contributed by atoms with E-state index in [1.807, 2.05) is 6.92 Å². The van der Waals surface area contributed by atoms with Crippen LogP contribution >= 0.6 is 0 Å². The normalized spacial score (nSPS) is 14.5. The van der Waals surface area contributed by atoms with Gasteiger partial charge in [-0.25, -0.2) is 9.18 Å². The first-order valence-corrected chi connectivity index (χ1v) is 10.2. The molecule has 1 aromatic carbocycles. The van der Waals surface area contributed by atoms with Crippen LogP contribution in [0.25, 0.3) is 11.0 Å². The van der Waals surface area contributed by atoms with E-state index in [0.717, 1.165) is 30.3 Å². The Balaban J connectivity index is 1.75. The van der Waals surface area contributed by atoms with Crippen molar-refractivity contribution in [3.05, 3.63) is 62.7 Å². The fourth-order valence-electron chi connectivity index (χ4n) is 3.94. The second-order valence-electron chi connectivity index (χ2n) is 7.65. The first-order valence-electron chi connectivity index (χ1n) is 10.2. The summed E-state index contributed by atoms with van der Waals surface area (Å²) >= 11 is 0. The van der Waals surface area contributed by atoms with Gasteiger partial charge in [0.05, 0.1) is 12.1 Å². The van der Waals surface area contributed by atoms with E-state index >= 15 is 0 Å². The highest BCUT2D eigenvalue weighted by Crippen LogP contribution is 2.17. The van der Waals surface area contributed by atoms with Crippen molar-refractivity contribution in [3.8, 4) is 0 Å². The second-order valence-corrected chi connectivity index (χ2v) is 7.65. The zero-order valence-corrected chi connectivity index (χ0v) is 16.8. The minimum Gasteiger partial charge on any atom is -0.352 e. The minimum atomic E-state index is -0.589. The summed E-state index contributed by atoms with van der Waals surface area (Å²) in [7, 11) is 0. The first-order chi connectivity index (χ1) is 14.5. The number of aromatic nitrogens is 4. The lowest BCUT2D eigenvalue weighted by Gasteiger charge is -2.14. The molecule has 4 rings (SSSR count). The van der Waals surface area contributed by atoms with E-state index in [9.17, 15) is 18.8 Å². The molecule has 0 spiro atoms. The van der Waals surface area contributed by atoms with E-state index in [-0.39, 0.29) is 30.6 Å². The van der Waals surface area contributed by atoms with Gasteiger partial charge in [0.15, 0.2) is 5.52 Å². The Morgan fingerprint density at radius 2 is 1.87 bits per heavy atom. The third kappa shape index (κ3) is 3.92. The van der Waals surface area contributed by atoms with Crippen LogP contribution in [0.5, 0.6) is 0 Å². The zero-order chi connectivity index (χ0) is 21.3. The van der Waals surface area contributed by atoms with E-state index in [0.29, 0.717) is 17.6 Å². The summed E-state index contributed by atoms with van der Waals surface area (Å²) in [6.07, 6.45) is 5.66. The lowest BCUT2D eigenvalue weighted by molar-refractivity contribution is -0.122. The largest absolute Gasteiger partial charge is 0.352 e. The van der Waals surface area contributed by atoms with Crippen LogP contribution in [0, 0.1) is 5.82 Å².